The molecule has 4 nitrogen and oxygen atoms in total. The zero-order valence-electron chi connectivity index (χ0n) is 11.7. The summed E-state index contributed by atoms with van der Waals surface area (Å²) in [6.07, 6.45) is 7.52. The molecule has 1 spiro atoms. The lowest BCUT2D eigenvalue weighted by atomic mass is 9.74. The van der Waals surface area contributed by atoms with Gasteiger partial charge in [-0.15, -0.1) is 0 Å². The van der Waals surface area contributed by atoms with E-state index in [-0.39, 0.29) is 11.3 Å². The Bertz CT molecular complexity index is 335. The van der Waals surface area contributed by atoms with Gasteiger partial charge in [0.25, 0.3) is 0 Å². The number of hydrogen-bond donors (Lipinski definition) is 1. The van der Waals surface area contributed by atoms with Crippen LogP contribution >= 0.6 is 0 Å². The molecule has 2 aliphatic heterocycles. The molecule has 1 aliphatic carbocycles. The summed E-state index contributed by atoms with van der Waals surface area (Å²) in [6, 6.07) is 0. The van der Waals surface area contributed by atoms with Crippen LogP contribution in [-0.2, 0) is 9.53 Å². The fraction of sp³-hybridized carbons (Fsp3) is 0.933. The van der Waals surface area contributed by atoms with Crippen LogP contribution in [0.25, 0.3) is 0 Å². The quantitative estimate of drug-likeness (QED) is 0.828. The maximum absolute atomic E-state index is 12.2. The van der Waals surface area contributed by atoms with Gasteiger partial charge in [0.1, 0.15) is 0 Å². The zero-order chi connectivity index (χ0) is 13.3. The molecule has 0 aromatic heterocycles. The Labute approximate surface area is 115 Å². The Morgan fingerprint density at radius 3 is 2.47 bits per heavy atom. The van der Waals surface area contributed by atoms with Crippen LogP contribution in [0.5, 0.6) is 0 Å². The van der Waals surface area contributed by atoms with Crippen LogP contribution in [0, 0.1) is 5.41 Å². The van der Waals surface area contributed by atoms with Crippen molar-refractivity contribution in [3.05, 3.63) is 0 Å². The first-order chi connectivity index (χ1) is 9.11. The van der Waals surface area contributed by atoms with Gasteiger partial charge in [-0.05, 0) is 25.7 Å². The molecule has 19 heavy (non-hydrogen) atoms. The van der Waals surface area contributed by atoms with Crippen LogP contribution in [0.1, 0.15) is 51.4 Å². The summed E-state index contributed by atoms with van der Waals surface area (Å²) < 4.78 is 5.54. The lowest BCUT2D eigenvalue weighted by Crippen LogP contribution is -2.62. The topological polar surface area (TPSA) is 49.8 Å². The van der Waals surface area contributed by atoms with Crippen molar-refractivity contribution in [2.45, 2.75) is 57.0 Å². The molecule has 1 saturated carbocycles. The molecule has 4 heteroatoms. The summed E-state index contributed by atoms with van der Waals surface area (Å²) in [6.45, 7) is 3.35. The summed E-state index contributed by atoms with van der Waals surface area (Å²) in [5.74, 6) is 0.139. The molecular formula is C15H25NO3. The first-order valence-electron chi connectivity index (χ1n) is 7.69. The number of hydrogen-bond acceptors (Lipinski definition) is 3. The average Bonchev–Trinajstić information content (AvgIpc) is 2.37. The van der Waals surface area contributed by atoms with Crippen molar-refractivity contribution < 1.29 is 14.6 Å². The molecule has 0 aromatic rings. The van der Waals surface area contributed by atoms with Gasteiger partial charge in [0.2, 0.25) is 5.91 Å². The van der Waals surface area contributed by atoms with Crippen molar-refractivity contribution >= 4 is 5.91 Å². The molecule has 2 heterocycles. The van der Waals surface area contributed by atoms with E-state index in [0.717, 1.165) is 58.4 Å². The Kier molecular flexibility index (Phi) is 3.56. The van der Waals surface area contributed by atoms with Crippen LogP contribution in [-0.4, -0.2) is 47.8 Å². The van der Waals surface area contributed by atoms with E-state index in [2.05, 4.69) is 0 Å². The molecule has 0 unspecified atom stereocenters. The van der Waals surface area contributed by atoms with Gasteiger partial charge >= 0.3 is 0 Å². The third kappa shape index (κ3) is 2.79. The fourth-order valence-corrected chi connectivity index (χ4v) is 3.88. The van der Waals surface area contributed by atoms with E-state index in [1.807, 2.05) is 4.90 Å². The van der Waals surface area contributed by atoms with Gasteiger partial charge in [-0.2, -0.15) is 0 Å². The van der Waals surface area contributed by atoms with E-state index in [1.54, 1.807) is 0 Å². The van der Waals surface area contributed by atoms with E-state index in [0.29, 0.717) is 6.42 Å². The molecule has 108 valence electrons. The van der Waals surface area contributed by atoms with Gasteiger partial charge in [0, 0.05) is 25.1 Å². The number of nitrogens with zero attached hydrogens (tertiary/aromatic N) is 1. The highest BCUT2D eigenvalue weighted by atomic mass is 16.5. The largest absolute Gasteiger partial charge is 0.389 e. The van der Waals surface area contributed by atoms with Gasteiger partial charge in [0.05, 0.1) is 18.6 Å². The van der Waals surface area contributed by atoms with Crippen LogP contribution in [0.15, 0.2) is 0 Å². The second-order valence-corrected chi connectivity index (χ2v) is 6.87. The molecule has 3 fully saturated rings. The van der Waals surface area contributed by atoms with Crippen LogP contribution in [0.4, 0.5) is 0 Å². The Morgan fingerprint density at radius 1 is 1.11 bits per heavy atom. The molecule has 0 atom stereocenters. The minimum absolute atomic E-state index is 0.139. The maximum atomic E-state index is 12.2. The highest BCUT2D eigenvalue weighted by Crippen LogP contribution is 2.39. The molecule has 1 N–H and O–H groups in total. The van der Waals surface area contributed by atoms with E-state index in [4.69, 9.17) is 4.74 Å². The smallest absolute Gasteiger partial charge is 0.225 e. The first kappa shape index (κ1) is 13.4. The van der Waals surface area contributed by atoms with Crippen LogP contribution < -0.4 is 0 Å². The van der Waals surface area contributed by atoms with Crippen molar-refractivity contribution in [1.82, 2.24) is 4.90 Å². The van der Waals surface area contributed by atoms with Gasteiger partial charge in [-0.1, -0.05) is 19.3 Å². The second kappa shape index (κ2) is 5.06. The SMILES string of the molecule is O=C(CC1(O)CCCCC1)N1CC2(CCCOC2)C1. The van der Waals surface area contributed by atoms with Gasteiger partial charge in [0.15, 0.2) is 0 Å². The van der Waals surface area contributed by atoms with E-state index in [9.17, 15) is 9.90 Å². The summed E-state index contributed by atoms with van der Waals surface area (Å²) in [5.41, 5.74) is -0.482. The number of likely N-dealkylation sites (tertiary alicyclic amines) is 1. The standard InChI is InChI=1S/C15H25NO3/c17-13(9-15(18)6-2-1-3-7-15)16-10-14(11-16)5-4-8-19-12-14/h18H,1-12H2. The van der Waals surface area contributed by atoms with E-state index < -0.39 is 5.60 Å². The number of amides is 1. The molecule has 0 radical (unpaired) electrons. The van der Waals surface area contributed by atoms with Crippen molar-refractivity contribution in [1.29, 1.82) is 0 Å². The van der Waals surface area contributed by atoms with Crippen LogP contribution in [0.2, 0.25) is 0 Å². The molecule has 3 rings (SSSR count). The first-order valence-corrected chi connectivity index (χ1v) is 7.69. The van der Waals surface area contributed by atoms with Gasteiger partial charge in [-0.25, -0.2) is 0 Å². The third-order valence-corrected chi connectivity index (χ3v) is 5.07. The second-order valence-electron chi connectivity index (χ2n) is 6.87. The zero-order valence-corrected chi connectivity index (χ0v) is 11.7. The van der Waals surface area contributed by atoms with Crippen LogP contribution in [0.3, 0.4) is 0 Å². The summed E-state index contributed by atoms with van der Waals surface area (Å²) in [5, 5.41) is 10.4. The molecule has 2 saturated heterocycles. The lowest BCUT2D eigenvalue weighted by Gasteiger charge is -2.52. The summed E-state index contributed by atoms with van der Waals surface area (Å²) in [4.78, 5) is 14.2. The van der Waals surface area contributed by atoms with Gasteiger partial charge in [-0.3, -0.25) is 4.79 Å². The minimum atomic E-state index is -0.721. The third-order valence-electron chi connectivity index (χ3n) is 5.07. The summed E-state index contributed by atoms with van der Waals surface area (Å²) >= 11 is 0. The Balaban J connectivity index is 1.49. The molecule has 0 bridgehead atoms. The minimum Gasteiger partial charge on any atom is -0.389 e. The van der Waals surface area contributed by atoms with Gasteiger partial charge < -0.3 is 14.7 Å². The number of carbonyl (C=O) groups excluding carboxylic acids is 1. The fourth-order valence-electron chi connectivity index (χ4n) is 3.88. The highest BCUT2D eigenvalue weighted by molar-refractivity contribution is 5.78. The number of ether oxygens (including phenoxy) is 1. The van der Waals surface area contributed by atoms with Crippen molar-refractivity contribution in [3.8, 4) is 0 Å². The average molecular weight is 267 g/mol. The lowest BCUT2D eigenvalue weighted by molar-refractivity contribution is -0.159. The monoisotopic (exact) mass is 267 g/mol. The Hall–Kier alpha value is -0.610. The number of carbonyl (C=O) groups is 1. The predicted molar refractivity (Wildman–Crippen MR) is 71.7 cm³/mol. The van der Waals surface area contributed by atoms with Crippen molar-refractivity contribution in [2.24, 2.45) is 5.41 Å². The summed E-state index contributed by atoms with van der Waals surface area (Å²) in [7, 11) is 0. The molecular weight excluding hydrogens is 242 g/mol. The Morgan fingerprint density at radius 2 is 1.84 bits per heavy atom. The number of aliphatic hydroxyl groups is 1. The predicted octanol–water partition coefficient (Wildman–Crippen LogP) is 1.71. The number of rotatable bonds is 2. The highest BCUT2D eigenvalue weighted by Gasteiger charge is 2.47. The van der Waals surface area contributed by atoms with E-state index >= 15 is 0 Å². The molecule has 1 amide bonds. The maximum Gasteiger partial charge on any atom is 0.225 e. The molecule has 0 aromatic carbocycles. The molecule has 3 aliphatic rings. The van der Waals surface area contributed by atoms with Crippen molar-refractivity contribution in [3.63, 3.8) is 0 Å². The normalized spacial score (nSPS) is 29.0. The van der Waals surface area contributed by atoms with Crippen molar-refractivity contribution in [2.75, 3.05) is 26.3 Å². The van der Waals surface area contributed by atoms with E-state index in [1.165, 1.54) is 12.8 Å².